The van der Waals surface area contributed by atoms with E-state index in [0.717, 1.165) is 24.8 Å². The van der Waals surface area contributed by atoms with E-state index in [1.807, 2.05) is 6.07 Å². The molecule has 2 aromatic carbocycles. The molecular formula is C25H23FN4O3. The molecule has 8 heteroatoms. The second-order valence-electron chi connectivity index (χ2n) is 8.28. The first kappa shape index (κ1) is 21.1. The van der Waals surface area contributed by atoms with Crippen LogP contribution in [0.4, 0.5) is 4.39 Å². The van der Waals surface area contributed by atoms with Crippen LogP contribution in [0, 0.1) is 5.82 Å². The van der Waals surface area contributed by atoms with Gasteiger partial charge in [-0.05, 0) is 66.1 Å². The summed E-state index contributed by atoms with van der Waals surface area (Å²) in [5.41, 5.74) is 4.83. The fraction of sp³-hybridized carbons (Fsp3) is 0.240. The van der Waals surface area contributed by atoms with Crippen LogP contribution in [0.15, 0.2) is 59.5 Å². The molecule has 1 aliphatic rings. The fourth-order valence-corrected chi connectivity index (χ4v) is 4.38. The topological polar surface area (TPSA) is 99.5 Å². The number of aromatic amines is 1. The molecule has 3 N–H and O–H groups in total. The van der Waals surface area contributed by atoms with Gasteiger partial charge in [0.1, 0.15) is 11.3 Å². The zero-order valence-electron chi connectivity index (χ0n) is 17.8. The Balaban J connectivity index is 1.44. The number of aliphatic hydroxyl groups excluding tert-OH is 1. The summed E-state index contributed by atoms with van der Waals surface area (Å²) in [4.78, 5) is 28.5. The van der Waals surface area contributed by atoms with E-state index in [1.165, 1.54) is 33.8 Å². The molecular weight excluding hydrogens is 423 g/mol. The molecule has 1 unspecified atom stereocenters. The Hall–Kier alpha value is -3.78. The maximum atomic E-state index is 13.3. The number of halogens is 1. The molecule has 2 aromatic heterocycles. The number of nitrogens with one attached hydrogen (secondary N) is 2. The molecule has 0 saturated carbocycles. The van der Waals surface area contributed by atoms with Gasteiger partial charge in [-0.1, -0.05) is 24.3 Å². The Kier molecular flexibility index (Phi) is 5.51. The first-order chi connectivity index (χ1) is 16.0. The van der Waals surface area contributed by atoms with Gasteiger partial charge in [0.15, 0.2) is 5.69 Å². The fourth-order valence-electron chi connectivity index (χ4n) is 4.38. The molecule has 7 nitrogen and oxygen atoms in total. The highest BCUT2D eigenvalue weighted by molar-refractivity contribution is 5.93. The summed E-state index contributed by atoms with van der Waals surface area (Å²) in [6.07, 6.45) is 5.22. The number of carbonyl (C=O) groups is 1. The lowest BCUT2D eigenvalue weighted by Crippen LogP contribution is -2.29. The smallest absolute Gasteiger partial charge is 0.274 e. The lowest BCUT2D eigenvalue weighted by atomic mass is 10.0. The van der Waals surface area contributed by atoms with Gasteiger partial charge in [0, 0.05) is 12.7 Å². The zero-order chi connectivity index (χ0) is 22.9. The quantitative estimate of drug-likeness (QED) is 0.424. The zero-order valence-corrected chi connectivity index (χ0v) is 17.8. The summed E-state index contributed by atoms with van der Waals surface area (Å²) in [6.45, 7) is -0.155. The second kappa shape index (κ2) is 8.63. The summed E-state index contributed by atoms with van der Waals surface area (Å²) >= 11 is 0. The molecule has 168 valence electrons. The first-order valence-corrected chi connectivity index (χ1v) is 10.9. The van der Waals surface area contributed by atoms with Gasteiger partial charge >= 0.3 is 0 Å². The Bertz CT molecular complexity index is 1390. The van der Waals surface area contributed by atoms with Gasteiger partial charge in [-0.15, -0.1) is 0 Å². The van der Waals surface area contributed by atoms with E-state index in [4.69, 9.17) is 0 Å². The van der Waals surface area contributed by atoms with Crippen molar-refractivity contribution >= 4 is 11.4 Å². The van der Waals surface area contributed by atoms with Crippen LogP contribution in [0.5, 0.6) is 0 Å². The molecule has 0 bridgehead atoms. The molecule has 1 atom stereocenters. The van der Waals surface area contributed by atoms with Crippen LogP contribution in [0.3, 0.4) is 0 Å². The predicted molar refractivity (Wildman–Crippen MR) is 122 cm³/mol. The second-order valence-corrected chi connectivity index (χ2v) is 8.28. The summed E-state index contributed by atoms with van der Waals surface area (Å²) < 4.78 is 14.7. The van der Waals surface area contributed by atoms with Gasteiger partial charge < -0.3 is 15.4 Å². The number of carbonyl (C=O) groups excluding carboxylic acids is 1. The summed E-state index contributed by atoms with van der Waals surface area (Å²) in [5.74, 6) is -0.869. The van der Waals surface area contributed by atoms with Crippen molar-refractivity contribution in [1.82, 2.24) is 19.9 Å². The third kappa shape index (κ3) is 4.17. The first-order valence-electron chi connectivity index (χ1n) is 10.9. The van der Waals surface area contributed by atoms with E-state index in [-0.39, 0.29) is 35.6 Å². The number of fused-ring (bicyclic) bond motifs is 2. The van der Waals surface area contributed by atoms with Crippen molar-refractivity contribution in [2.75, 3.05) is 6.61 Å². The lowest BCUT2D eigenvalue weighted by Gasteiger charge is -2.17. The average molecular weight is 446 g/mol. The highest BCUT2D eigenvalue weighted by atomic mass is 19.1. The van der Waals surface area contributed by atoms with Crippen LogP contribution < -0.4 is 10.9 Å². The Morgan fingerprint density at radius 3 is 2.73 bits per heavy atom. The summed E-state index contributed by atoms with van der Waals surface area (Å²) in [6, 6.07) is 12.8. The molecule has 0 spiro atoms. The molecule has 5 rings (SSSR count). The van der Waals surface area contributed by atoms with Crippen molar-refractivity contribution < 1.29 is 14.3 Å². The van der Waals surface area contributed by atoms with Crippen LogP contribution in [0.1, 0.15) is 46.1 Å². The van der Waals surface area contributed by atoms with Gasteiger partial charge in [-0.3, -0.25) is 9.59 Å². The lowest BCUT2D eigenvalue weighted by molar-refractivity contribution is 0.0924. The third-order valence-electron chi connectivity index (χ3n) is 6.11. The number of amides is 1. The molecule has 33 heavy (non-hydrogen) atoms. The number of rotatable bonds is 6. The molecule has 1 aliphatic carbocycles. The number of hydrogen-bond acceptors (Lipinski definition) is 4. The van der Waals surface area contributed by atoms with Gasteiger partial charge in [0.2, 0.25) is 0 Å². The van der Waals surface area contributed by atoms with E-state index in [9.17, 15) is 19.1 Å². The van der Waals surface area contributed by atoms with Gasteiger partial charge in [0.05, 0.1) is 17.9 Å². The molecule has 0 radical (unpaired) electrons. The standard InChI is InChI=1S/C25H23FN4O3/c26-19-8-6-16(7-9-19)20(10-11-31)27-24(32)21-13-23-25(33)28-22(14-30(23)29-21)18-5-4-15-2-1-3-17(15)12-18/h4-9,12-14,20,31H,1-3,10-11H2,(H,27,32)(H,28,33). The average Bonchev–Trinajstić information content (AvgIpc) is 3.46. The highest BCUT2D eigenvalue weighted by Gasteiger charge is 2.19. The van der Waals surface area contributed by atoms with Crippen LogP contribution in [-0.2, 0) is 12.8 Å². The van der Waals surface area contributed by atoms with Crippen molar-refractivity contribution in [2.24, 2.45) is 0 Å². The third-order valence-corrected chi connectivity index (χ3v) is 6.11. The Morgan fingerprint density at radius 1 is 1.15 bits per heavy atom. The van der Waals surface area contributed by atoms with Gasteiger partial charge in [-0.2, -0.15) is 5.10 Å². The monoisotopic (exact) mass is 446 g/mol. The molecule has 4 aromatic rings. The SMILES string of the molecule is O=C(NC(CCO)c1ccc(F)cc1)c1cc2c(=O)[nH]c(-c3ccc4c(c3)CCC4)cn2n1. The number of hydrogen-bond donors (Lipinski definition) is 3. The maximum Gasteiger partial charge on any atom is 0.274 e. The number of aryl methyl sites for hydroxylation is 2. The minimum atomic E-state index is -0.520. The van der Waals surface area contributed by atoms with Crippen molar-refractivity contribution in [3.63, 3.8) is 0 Å². The van der Waals surface area contributed by atoms with Crippen molar-refractivity contribution in [2.45, 2.75) is 31.7 Å². The van der Waals surface area contributed by atoms with Gasteiger partial charge in [-0.25, -0.2) is 8.91 Å². The molecule has 0 saturated heterocycles. The normalized spacial score (nSPS) is 13.8. The Labute approximate surface area is 188 Å². The number of nitrogens with zero attached hydrogens (tertiary/aromatic N) is 2. The maximum absolute atomic E-state index is 13.3. The number of aliphatic hydroxyl groups is 1. The Morgan fingerprint density at radius 2 is 1.94 bits per heavy atom. The minimum Gasteiger partial charge on any atom is -0.396 e. The predicted octanol–water partition coefficient (Wildman–Crippen LogP) is 3.17. The van der Waals surface area contributed by atoms with E-state index < -0.39 is 11.9 Å². The van der Waals surface area contributed by atoms with Crippen molar-refractivity contribution in [3.05, 3.63) is 93.3 Å². The van der Waals surface area contributed by atoms with Crippen LogP contribution in [0.2, 0.25) is 0 Å². The van der Waals surface area contributed by atoms with E-state index >= 15 is 0 Å². The minimum absolute atomic E-state index is 0.0802. The largest absolute Gasteiger partial charge is 0.396 e. The van der Waals surface area contributed by atoms with Crippen molar-refractivity contribution in [1.29, 1.82) is 0 Å². The summed E-state index contributed by atoms with van der Waals surface area (Å²) in [7, 11) is 0. The summed E-state index contributed by atoms with van der Waals surface area (Å²) in [5, 5.41) is 16.5. The van der Waals surface area contributed by atoms with Gasteiger partial charge in [0.25, 0.3) is 11.5 Å². The molecule has 1 amide bonds. The number of H-pyrrole nitrogens is 1. The van der Waals surface area contributed by atoms with Crippen LogP contribution >= 0.6 is 0 Å². The van der Waals surface area contributed by atoms with Crippen LogP contribution in [-0.4, -0.2) is 32.2 Å². The molecule has 0 fully saturated rings. The number of aromatic nitrogens is 3. The molecule has 2 heterocycles. The highest BCUT2D eigenvalue weighted by Crippen LogP contribution is 2.27. The number of benzene rings is 2. The van der Waals surface area contributed by atoms with Crippen LogP contribution in [0.25, 0.3) is 16.8 Å². The van der Waals surface area contributed by atoms with Crippen molar-refractivity contribution in [3.8, 4) is 11.3 Å². The van der Waals surface area contributed by atoms with E-state index in [2.05, 4.69) is 27.5 Å². The van der Waals surface area contributed by atoms with E-state index in [0.29, 0.717) is 11.3 Å². The van der Waals surface area contributed by atoms with E-state index in [1.54, 1.807) is 18.3 Å². The molecule has 0 aliphatic heterocycles.